The first-order valence-corrected chi connectivity index (χ1v) is 11.1. The van der Waals surface area contributed by atoms with Gasteiger partial charge in [0.2, 0.25) is 6.29 Å². The van der Waals surface area contributed by atoms with Crippen molar-refractivity contribution in [2.45, 2.75) is 64.1 Å². The highest BCUT2D eigenvalue weighted by molar-refractivity contribution is 6.04. The number of phenolic OH excluding ortho intramolecular Hbond substituents is 1. The summed E-state index contributed by atoms with van der Waals surface area (Å²) in [5.41, 5.74) is -0.106. The zero-order valence-electron chi connectivity index (χ0n) is 19.7. The molecule has 1 fully saturated rings. The zero-order chi connectivity index (χ0) is 24.9. The zero-order valence-corrected chi connectivity index (χ0v) is 19.7. The molecule has 1 aromatic carbocycles. The van der Waals surface area contributed by atoms with E-state index in [1.54, 1.807) is 39.2 Å². The molecule has 0 amide bonds. The summed E-state index contributed by atoms with van der Waals surface area (Å²) in [7, 11) is 1.66. The number of aromatic nitrogens is 1. The van der Waals surface area contributed by atoms with E-state index in [4.69, 9.17) is 9.47 Å². The SMILES string of the molecule is C/C=C/c1cc2n(c1)C(=O)c1cc(O[C@@H]3O[C@H](C)[C@@H](NC)[C@@](C)(O)[C@@H]3O)c(C)c(O)c1N[C@H]2O. The van der Waals surface area contributed by atoms with E-state index < -0.39 is 42.3 Å². The van der Waals surface area contributed by atoms with Crippen LogP contribution in [0.2, 0.25) is 0 Å². The van der Waals surface area contributed by atoms with Crippen molar-refractivity contribution in [2.24, 2.45) is 0 Å². The minimum atomic E-state index is -1.57. The van der Waals surface area contributed by atoms with E-state index in [2.05, 4.69) is 10.6 Å². The largest absolute Gasteiger partial charge is 0.505 e. The van der Waals surface area contributed by atoms with Gasteiger partial charge in [-0.1, -0.05) is 12.2 Å². The van der Waals surface area contributed by atoms with Crippen molar-refractivity contribution >= 4 is 17.7 Å². The van der Waals surface area contributed by atoms with E-state index >= 15 is 0 Å². The summed E-state index contributed by atoms with van der Waals surface area (Å²) >= 11 is 0. The third-order valence-electron chi connectivity index (χ3n) is 6.61. The third-order valence-corrected chi connectivity index (χ3v) is 6.61. The Hall–Kier alpha value is -2.89. The van der Waals surface area contributed by atoms with Gasteiger partial charge in [0.05, 0.1) is 29.1 Å². The predicted octanol–water partition coefficient (Wildman–Crippen LogP) is 1.46. The lowest BCUT2D eigenvalue weighted by Gasteiger charge is -2.47. The summed E-state index contributed by atoms with van der Waals surface area (Å²) in [5.74, 6) is -0.664. The molecule has 184 valence electrons. The predicted molar refractivity (Wildman–Crippen MR) is 125 cm³/mol. The number of hydrogen-bond acceptors (Lipinski definition) is 9. The van der Waals surface area contributed by atoms with Gasteiger partial charge in [0.1, 0.15) is 23.2 Å². The van der Waals surface area contributed by atoms with Crippen LogP contribution in [0.25, 0.3) is 6.08 Å². The van der Waals surface area contributed by atoms with Gasteiger partial charge in [0.15, 0.2) is 6.23 Å². The summed E-state index contributed by atoms with van der Waals surface area (Å²) in [5, 5.41) is 48.9. The molecule has 10 nitrogen and oxygen atoms in total. The molecule has 0 unspecified atom stereocenters. The second-order valence-corrected chi connectivity index (χ2v) is 8.96. The van der Waals surface area contributed by atoms with Crippen LogP contribution >= 0.6 is 0 Å². The number of aliphatic hydroxyl groups is 3. The molecule has 2 aromatic rings. The molecule has 0 aliphatic carbocycles. The molecule has 1 aromatic heterocycles. The van der Waals surface area contributed by atoms with Gasteiger partial charge in [-0.05, 0) is 52.4 Å². The Morgan fingerprint density at radius 3 is 2.68 bits per heavy atom. The van der Waals surface area contributed by atoms with Gasteiger partial charge < -0.3 is 40.5 Å². The first-order chi connectivity index (χ1) is 16.0. The highest BCUT2D eigenvalue weighted by Crippen LogP contribution is 2.43. The van der Waals surface area contributed by atoms with Gasteiger partial charge in [-0.2, -0.15) is 0 Å². The number of rotatable bonds is 4. The lowest BCUT2D eigenvalue weighted by Crippen LogP contribution is -2.69. The molecule has 0 saturated carbocycles. The van der Waals surface area contributed by atoms with Crippen molar-refractivity contribution in [3.05, 3.63) is 46.8 Å². The minimum absolute atomic E-state index is 0.0664. The topological polar surface area (TPSA) is 145 Å². The second-order valence-electron chi connectivity index (χ2n) is 8.96. The Morgan fingerprint density at radius 2 is 2.03 bits per heavy atom. The number of carbonyl (C=O) groups excluding carboxylic acids is 1. The molecule has 2 aliphatic heterocycles. The van der Waals surface area contributed by atoms with Crippen LogP contribution in [-0.4, -0.2) is 68.1 Å². The molecule has 34 heavy (non-hydrogen) atoms. The number of nitrogens with zero attached hydrogens (tertiary/aromatic N) is 1. The summed E-state index contributed by atoms with van der Waals surface area (Å²) in [6, 6.07) is 2.56. The van der Waals surface area contributed by atoms with Crippen molar-refractivity contribution in [3.8, 4) is 11.5 Å². The van der Waals surface area contributed by atoms with Gasteiger partial charge in [-0.25, -0.2) is 0 Å². The van der Waals surface area contributed by atoms with Crippen molar-refractivity contribution in [1.29, 1.82) is 0 Å². The molecule has 1 saturated heterocycles. The smallest absolute Gasteiger partial charge is 0.264 e. The standard InChI is InChI=1S/C24H31N3O7/c1-6-7-13-8-15-21(30)26-17-14(22(31)27(15)10-13)9-16(11(2)18(17)28)34-23-20(29)24(4,32)19(25-5)12(3)33-23/h6-10,12,19-21,23,25-26,28-30,32H,1-5H3/b7-6+/t12-,19-,20-,21+,23+,24-/m1/s1. The number of likely N-dealkylation sites (N-methyl/N-ethyl adjacent to an activating group) is 1. The molecule has 6 N–H and O–H groups in total. The maximum Gasteiger partial charge on any atom is 0.264 e. The Morgan fingerprint density at radius 1 is 1.32 bits per heavy atom. The van der Waals surface area contributed by atoms with Crippen LogP contribution < -0.4 is 15.4 Å². The van der Waals surface area contributed by atoms with Crippen LogP contribution in [0.3, 0.4) is 0 Å². The first kappa shape index (κ1) is 24.2. The van der Waals surface area contributed by atoms with Crippen LogP contribution in [-0.2, 0) is 4.74 Å². The molecule has 0 radical (unpaired) electrons. The highest BCUT2D eigenvalue weighted by Gasteiger charge is 2.52. The average Bonchev–Trinajstić information content (AvgIpc) is 3.17. The number of carbonyl (C=O) groups is 1. The van der Waals surface area contributed by atoms with E-state index in [0.29, 0.717) is 5.69 Å². The summed E-state index contributed by atoms with van der Waals surface area (Å²) in [4.78, 5) is 13.4. The van der Waals surface area contributed by atoms with E-state index in [-0.39, 0.29) is 28.3 Å². The lowest BCUT2D eigenvalue weighted by molar-refractivity contribution is -0.272. The van der Waals surface area contributed by atoms with Crippen molar-refractivity contribution in [2.75, 3.05) is 12.4 Å². The number of nitrogens with one attached hydrogen (secondary N) is 2. The molecule has 6 atom stereocenters. The van der Waals surface area contributed by atoms with Gasteiger partial charge in [0, 0.05) is 11.8 Å². The number of hydrogen-bond donors (Lipinski definition) is 6. The van der Waals surface area contributed by atoms with Gasteiger partial charge in [-0.15, -0.1) is 0 Å². The summed E-state index contributed by atoms with van der Waals surface area (Å²) < 4.78 is 13.0. The third kappa shape index (κ3) is 3.77. The van der Waals surface area contributed by atoms with Gasteiger partial charge in [-0.3, -0.25) is 9.36 Å². The number of aromatic hydroxyl groups is 1. The molecule has 10 heteroatoms. The Labute approximate surface area is 197 Å². The van der Waals surface area contributed by atoms with Crippen LogP contribution in [0.5, 0.6) is 11.5 Å². The monoisotopic (exact) mass is 473 g/mol. The molecule has 4 rings (SSSR count). The number of fused-ring (bicyclic) bond motifs is 2. The fourth-order valence-electron chi connectivity index (χ4n) is 4.74. The normalized spacial score (nSPS) is 31.1. The molecular formula is C24H31N3O7. The quantitative estimate of drug-likeness (QED) is 0.364. The van der Waals surface area contributed by atoms with Crippen LogP contribution in [0.1, 0.15) is 54.2 Å². The van der Waals surface area contributed by atoms with E-state index in [9.17, 15) is 25.2 Å². The first-order valence-electron chi connectivity index (χ1n) is 11.1. The average molecular weight is 474 g/mol. The van der Waals surface area contributed by atoms with Crippen molar-refractivity contribution in [3.63, 3.8) is 0 Å². The van der Waals surface area contributed by atoms with E-state index in [0.717, 1.165) is 5.56 Å². The highest BCUT2D eigenvalue weighted by atomic mass is 16.7. The van der Waals surface area contributed by atoms with E-state index in [1.807, 2.05) is 13.0 Å². The number of phenols is 1. The molecule has 2 aliphatic rings. The number of anilines is 1. The molecule has 3 heterocycles. The summed E-state index contributed by atoms with van der Waals surface area (Å²) in [6.45, 7) is 6.65. The fourth-order valence-corrected chi connectivity index (χ4v) is 4.74. The van der Waals surface area contributed by atoms with Crippen LogP contribution in [0.4, 0.5) is 5.69 Å². The van der Waals surface area contributed by atoms with Gasteiger partial charge in [0.25, 0.3) is 5.91 Å². The summed E-state index contributed by atoms with van der Waals surface area (Å²) in [6.07, 6.45) is 0.800. The van der Waals surface area contributed by atoms with Crippen molar-refractivity contribution in [1.82, 2.24) is 9.88 Å². The number of allylic oxidation sites excluding steroid dienone is 1. The Balaban J connectivity index is 1.74. The van der Waals surface area contributed by atoms with E-state index in [1.165, 1.54) is 17.6 Å². The van der Waals surface area contributed by atoms with Crippen LogP contribution in [0, 0.1) is 6.92 Å². The molecule has 0 spiro atoms. The van der Waals surface area contributed by atoms with Gasteiger partial charge >= 0.3 is 0 Å². The van der Waals surface area contributed by atoms with Crippen LogP contribution in [0.15, 0.2) is 24.4 Å². The minimum Gasteiger partial charge on any atom is -0.505 e. The Bertz CT molecular complexity index is 1140. The number of aliphatic hydroxyl groups excluding tert-OH is 2. The maximum absolute atomic E-state index is 13.4. The molecular weight excluding hydrogens is 442 g/mol. The second kappa shape index (κ2) is 8.71. The number of benzene rings is 1. The lowest BCUT2D eigenvalue weighted by atomic mass is 9.84. The maximum atomic E-state index is 13.4. The number of ether oxygens (including phenoxy) is 2. The molecule has 0 bridgehead atoms. The van der Waals surface area contributed by atoms with Crippen molar-refractivity contribution < 1.29 is 34.7 Å². The Kier molecular flexibility index (Phi) is 6.21. The fraction of sp³-hybridized carbons (Fsp3) is 0.458.